The monoisotopic (exact) mass is 361 g/mol. The van der Waals surface area contributed by atoms with Crippen LogP contribution in [0.3, 0.4) is 0 Å². The van der Waals surface area contributed by atoms with Gasteiger partial charge in [0, 0.05) is 11.0 Å². The number of halogens is 1. The number of aliphatic hydroxyl groups is 1. The summed E-state index contributed by atoms with van der Waals surface area (Å²) in [5, 5.41) is 10.5. The van der Waals surface area contributed by atoms with Gasteiger partial charge in [0.1, 0.15) is 0 Å². The second-order valence-corrected chi connectivity index (χ2v) is 8.27. The number of rotatable bonds is 4. The van der Waals surface area contributed by atoms with Crippen LogP contribution in [0.1, 0.15) is 32.6 Å². The summed E-state index contributed by atoms with van der Waals surface area (Å²) in [7, 11) is -3.60. The van der Waals surface area contributed by atoms with E-state index < -0.39 is 15.6 Å². The van der Waals surface area contributed by atoms with Gasteiger partial charge in [-0.1, -0.05) is 31.9 Å². The first-order chi connectivity index (χ1) is 9.32. The molecule has 20 heavy (non-hydrogen) atoms. The maximum atomic E-state index is 12.3. The van der Waals surface area contributed by atoms with Crippen molar-refractivity contribution in [1.82, 2.24) is 4.72 Å². The highest BCUT2D eigenvalue weighted by Gasteiger charge is 2.34. The number of sulfonamides is 1. The Morgan fingerprint density at radius 2 is 2.15 bits per heavy atom. The molecule has 0 saturated heterocycles. The summed E-state index contributed by atoms with van der Waals surface area (Å²) in [5.74, 6) is 0.432. The fourth-order valence-electron chi connectivity index (χ4n) is 2.76. The Kier molecular flexibility index (Phi) is 4.89. The molecule has 0 heterocycles. The summed E-state index contributed by atoms with van der Waals surface area (Å²) in [4.78, 5) is 0.201. The van der Waals surface area contributed by atoms with Gasteiger partial charge in [0.25, 0.3) is 0 Å². The molecule has 2 atom stereocenters. The molecule has 112 valence electrons. The van der Waals surface area contributed by atoms with Crippen LogP contribution >= 0.6 is 15.9 Å². The molecule has 1 aromatic carbocycles. The smallest absolute Gasteiger partial charge is 0.241 e. The summed E-state index contributed by atoms with van der Waals surface area (Å²) in [6, 6.07) is 6.67. The van der Waals surface area contributed by atoms with Crippen LogP contribution in [0.2, 0.25) is 0 Å². The largest absolute Gasteiger partial charge is 0.389 e. The second-order valence-electron chi connectivity index (χ2n) is 5.68. The Morgan fingerprint density at radius 3 is 2.80 bits per heavy atom. The van der Waals surface area contributed by atoms with Crippen LogP contribution < -0.4 is 4.72 Å². The van der Waals surface area contributed by atoms with Gasteiger partial charge in [0.05, 0.1) is 10.5 Å². The third-order valence-electron chi connectivity index (χ3n) is 3.78. The van der Waals surface area contributed by atoms with E-state index in [-0.39, 0.29) is 11.4 Å². The average molecular weight is 362 g/mol. The van der Waals surface area contributed by atoms with Gasteiger partial charge in [-0.05, 0) is 46.8 Å². The summed E-state index contributed by atoms with van der Waals surface area (Å²) in [6.07, 6.45) is 3.33. The Morgan fingerprint density at radius 1 is 1.45 bits per heavy atom. The first-order valence-corrected chi connectivity index (χ1v) is 9.07. The Labute approximate surface area is 128 Å². The van der Waals surface area contributed by atoms with Crippen molar-refractivity contribution in [2.45, 2.75) is 43.1 Å². The van der Waals surface area contributed by atoms with Crippen molar-refractivity contribution in [3.05, 3.63) is 28.7 Å². The summed E-state index contributed by atoms with van der Waals surface area (Å²) in [5.41, 5.74) is -0.925. The number of hydrogen-bond donors (Lipinski definition) is 2. The van der Waals surface area contributed by atoms with Crippen molar-refractivity contribution in [3.63, 3.8) is 0 Å². The van der Waals surface area contributed by atoms with Gasteiger partial charge in [-0.2, -0.15) is 0 Å². The Bertz CT molecular complexity index is 576. The third kappa shape index (κ3) is 3.81. The van der Waals surface area contributed by atoms with E-state index in [9.17, 15) is 13.5 Å². The number of hydrogen-bond acceptors (Lipinski definition) is 3. The lowest BCUT2D eigenvalue weighted by Crippen LogP contribution is -2.45. The Hall–Kier alpha value is -0.430. The van der Waals surface area contributed by atoms with E-state index in [1.54, 1.807) is 24.3 Å². The van der Waals surface area contributed by atoms with Crippen LogP contribution in [0.5, 0.6) is 0 Å². The van der Waals surface area contributed by atoms with E-state index in [4.69, 9.17) is 0 Å². The number of benzene rings is 1. The van der Waals surface area contributed by atoms with Gasteiger partial charge in [-0.25, -0.2) is 13.1 Å². The lowest BCUT2D eigenvalue weighted by atomic mass is 9.79. The average Bonchev–Trinajstić information content (AvgIpc) is 2.37. The molecule has 6 heteroatoms. The van der Waals surface area contributed by atoms with E-state index in [2.05, 4.69) is 27.6 Å². The maximum Gasteiger partial charge on any atom is 0.241 e. The highest BCUT2D eigenvalue weighted by Crippen LogP contribution is 2.32. The molecule has 1 aliphatic rings. The summed E-state index contributed by atoms with van der Waals surface area (Å²) < 4.78 is 27.6. The molecule has 2 unspecified atom stereocenters. The normalized spacial score (nSPS) is 27.4. The maximum absolute atomic E-state index is 12.3. The van der Waals surface area contributed by atoms with Gasteiger partial charge in [0.15, 0.2) is 0 Å². The minimum atomic E-state index is -3.60. The van der Waals surface area contributed by atoms with Crippen molar-refractivity contribution in [2.24, 2.45) is 5.92 Å². The van der Waals surface area contributed by atoms with E-state index in [1.807, 2.05) is 0 Å². The Balaban J connectivity index is 2.08. The van der Waals surface area contributed by atoms with Crippen LogP contribution in [0.15, 0.2) is 33.6 Å². The fourth-order valence-corrected chi connectivity index (χ4v) is 4.88. The SMILES string of the molecule is CC1CCCC(O)(CNS(=O)(=O)c2ccccc2Br)C1. The van der Waals surface area contributed by atoms with Crippen LogP contribution in [0.25, 0.3) is 0 Å². The van der Waals surface area contributed by atoms with Crippen molar-refractivity contribution >= 4 is 26.0 Å². The molecule has 0 spiro atoms. The second kappa shape index (κ2) is 6.13. The van der Waals surface area contributed by atoms with Crippen molar-refractivity contribution in [3.8, 4) is 0 Å². The van der Waals surface area contributed by atoms with Gasteiger partial charge in [-0.15, -0.1) is 0 Å². The molecule has 2 rings (SSSR count). The van der Waals surface area contributed by atoms with E-state index in [1.165, 1.54) is 0 Å². The van der Waals surface area contributed by atoms with E-state index >= 15 is 0 Å². The zero-order chi connectivity index (χ0) is 14.8. The highest BCUT2D eigenvalue weighted by molar-refractivity contribution is 9.10. The van der Waals surface area contributed by atoms with Crippen molar-refractivity contribution < 1.29 is 13.5 Å². The quantitative estimate of drug-likeness (QED) is 0.866. The molecular formula is C14H20BrNO3S. The topological polar surface area (TPSA) is 66.4 Å². The predicted octanol–water partition coefficient (Wildman–Crippen LogP) is 2.67. The molecule has 1 aliphatic carbocycles. The predicted molar refractivity (Wildman–Crippen MR) is 81.9 cm³/mol. The van der Waals surface area contributed by atoms with Crippen LogP contribution in [0.4, 0.5) is 0 Å². The van der Waals surface area contributed by atoms with Crippen LogP contribution in [-0.4, -0.2) is 25.7 Å². The molecule has 0 aromatic heterocycles. The van der Waals surface area contributed by atoms with Gasteiger partial charge in [0.2, 0.25) is 10.0 Å². The third-order valence-corrected chi connectivity index (χ3v) is 6.20. The molecule has 0 radical (unpaired) electrons. The molecular weight excluding hydrogens is 342 g/mol. The lowest BCUT2D eigenvalue weighted by Gasteiger charge is -2.35. The van der Waals surface area contributed by atoms with Crippen LogP contribution in [0, 0.1) is 5.92 Å². The van der Waals surface area contributed by atoms with E-state index in [0.29, 0.717) is 23.2 Å². The van der Waals surface area contributed by atoms with Crippen LogP contribution in [-0.2, 0) is 10.0 Å². The van der Waals surface area contributed by atoms with E-state index in [0.717, 1.165) is 12.8 Å². The molecule has 1 saturated carbocycles. The first kappa shape index (κ1) is 15.9. The molecule has 4 nitrogen and oxygen atoms in total. The zero-order valence-corrected chi connectivity index (χ0v) is 13.9. The molecule has 1 aromatic rings. The molecule has 1 fully saturated rings. The number of nitrogens with one attached hydrogen (secondary N) is 1. The minimum absolute atomic E-state index is 0.0704. The fraction of sp³-hybridized carbons (Fsp3) is 0.571. The van der Waals surface area contributed by atoms with Gasteiger partial charge < -0.3 is 5.11 Å². The molecule has 0 bridgehead atoms. The lowest BCUT2D eigenvalue weighted by molar-refractivity contribution is -0.00751. The summed E-state index contributed by atoms with van der Waals surface area (Å²) >= 11 is 3.24. The standard InChI is InChI=1S/C14H20BrNO3S/c1-11-5-4-8-14(17,9-11)10-16-20(18,19)13-7-3-2-6-12(13)15/h2-3,6-7,11,16-17H,4-5,8-10H2,1H3. The minimum Gasteiger partial charge on any atom is -0.389 e. The zero-order valence-electron chi connectivity index (χ0n) is 11.5. The van der Waals surface area contributed by atoms with Crippen molar-refractivity contribution in [1.29, 1.82) is 0 Å². The van der Waals surface area contributed by atoms with Crippen molar-refractivity contribution in [2.75, 3.05) is 6.54 Å². The first-order valence-electron chi connectivity index (χ1n) is 6.79. The van der Waals surface area contributed by atoms with Gasteiger partial charge >= 0.3 is 0 Å². The molecule has 2 N–H and O–H groups in total. The molecule has 0 aliphatic heterocycles. The molecule has 0 amide bonds. The summed E-state index contributed by atoms with van der Waals surface area (Å²) in [6.45, 7) is 2.16. The van der Waals surface area contributed by atoms with Gasteiger partial charge in [-0.3, -0.25) is 0 Å². The highest BCUT2D eigenvalue weighted by atomic mass is 79.9.